The van der Waals surface area contributed by atoms with E-state index in [1.807, 2.05) is 0 Å². The van der Waals surface area contributed by atoms with Crippen molar-refractivity contribution >= 4 is 70.1 Å². The van der Waals surface area contributed by atoms with Gasteiger partial charge in [-0.3, -0.25) is 52.8 Å². The first-order chi connectivity index (χ1) is 40.3. The number of cyclic esters (lactones) is 1. The van der Waals surface area contributed by atoms with Crippen LogP contribution in [0.5, 0.6) is 0 Å². The van der Waals surface area contributed by atoms with Crippen molar-refractivity contribution in [3.8, 4) is 11.4 Å². The Balaban J connectivity index is 0.838. The SMILES string of the molecule is CC[C@@]1(O)C(=O)OCc2c1cc1n(c2=O)Cc2c-1nc1cc(F)c(C)c3c1c2[C@@H](NC(=O)[C@H](Cc1ccccc1)OCNC(=O)CNC(=O)[C@H](Cc1ccccc1)NC(=O)CNC(=O)CNC(=O)[C@@H](CNCC(=O)O)N1C(=O)C=CC1=O)CC3. The number of benzene rings is 3. The maximum atomic E-state index is 15.6. The van der Waals surface area contributed by atoms with E-state index in [1.54, 1.807) is 80.6 Å². The van der Waals surface area contributed by atoms with E-state index in [4.69, 9.17) is 19.6 Å². The molecule has 25 nitrogen and oxygen atoms in total. The van der Waals surface area contributed by atoms with Crippen LogP contribution in [0.1, 0.15) is 70.3 Å². The molecule has 5 atom stereocenters. The summed E-state index contributed by atoms with van der Waals surface area (Å²) in [5, 5.41) is 38.8. The summed E-state index contributed by atoms with van der Waals surface area (Å²) in [4.78, 5) is 149. The van der Waals surface area contributed by atoms with E-state index in [9.17, 15) is 57.8 Å². The Labute approximate surface area is 477 Å². The molecule has 0 spiro atoms. The van der Waals surface area contributed by atoms with E-state index >= 15 is 4.39 Å². The van der Waals surface area contributed by atoms with Crippen molar-refractivity contribution in [3.05, 3.63) is 146 Å². The lowest BCUT2D eigenvalue weighted by Crippen LogP contribution is -2.56. The monoisotopic (exact) mass is 1150 g/mol. The number of hydrogen-bond donors (Lipinski definition) is 9. The number of nitrogens with zero attached hydrogens (tertiary/aromatic N) is 3. The molecule has 0 fully saturated rings. The Morgan fingerprint density at radius 3 is 2.11 bits per heavy atom. The minimum absolute atomic E-state index is 0.0125. The number of aryl methyl sites for hydroxylation is 1. The number of carbonyl (C=O) groups excluding carboxylic acids is 9. The zero-order chi connectivity index (χ0) is 60.0. The molecule has 8 amide bonds. The molecular formula is C58H59FN10O15. The number of aromatic nitrogens is 2. The van der Waals surface area contributed by atoms with Crippen LogP contribution >= 0.6 is 0 Å². The number of pyridine rings is 2. The lowest BCUT2D eigenvalue weighted by molar-refractivity contribution is -0.172. The molecule has 0 saturated carbocycles. The van der Waals surface area contributed by atoms with Gasteiger partial charge in [0.05, 0.1) is 61.2 Å². The minimum Gasteiger partial charge on any atom is -0.480 e. The lowest BCUT2D eigenvalue weighted by Gasteiger charge is -2.31. The summed E-state index contributed by atoms with van der Waals surface area (Å²) in [6.45, 7) is -0.611. The average Bonchev–Trinajstić information content (AvgIpc) is 2.61. The molecule has 0 bridgehead atoms. The van der Waals surface area contributed by atoms with Gasteiger partial charge in [0, 0.05) is 54.1 Å². The topological polar surface area (TPSA) is 352 Å². The summed E-state index contributed by atoms with van der Waals surface area (Å²) >= 11 is 0. The maximum Gasteiger partial charge on any atom is 0.343 e. The molecule has 0 radical (unpaired) electrons. The molecule has 2 aromatic heterocycles. The van der Waals surface area contributed by atoms with E-state index in [1.165, 1.54) is 10.6 Å². The number of carboxylic acid groups (broad SMARTS) is 1. The van der Waals surface area contributed by atoms with E-state index in [0.717, 1.165) is 17.7 Å². The molecule has 3 aliphatic heterocycles. The van der Waals surface area contributed by atoms with E-state index in [-0.39, 0.29) is 49.1 Å². The zero-order valence-corrected chi connectivity index (χ0v) is 45.5. The second kappa shape index (κ2) is 25.3. The molecule has 5 aromatic rings. The smallest absolute Gasteiger partial charge is 0.343 e. The first-order valence-corrected chi connectivity index (χ1v) is 26.9. The first-order valence-electron chi connectivity index (χ1n) is 26.9. The maximum absolute atomic E-state index is 15.6. The Bertz CT molecular complexity index is 3600. The van der Waals surface area contributed by atoms with Crippen molar-refractivity contribution < 1.29 is 72.0 Å². The molecule has 4 aliphatic rings. The third-order valence-electron chi connectivity index (χ3n) is 15.1. The van der Waals surface area contributed by atoms with Gasteiger partial charge in [0.2, 0.25) is 35.4 Å². The fraction of sp³-hybridized carbons (Fsp3) is 0.345. The predicted octanol–water partition coefficient (Wildman–Crippen LogP) is -0.624. The van der Waals surface area contributed by atoms with Crippen LogP contribution in [0, 0.1) is 12.7 Å². The van der Waals surface area contributed by atoms with Gasteiger partial charge in [-0.15, -0.1) is 0 Å². The molecule has 438 valence electrons. The van der Waals surface area contributed by atoms with Crippen LogP contribution in [0.2, 0.25) is 0 Å². The number of aliphatic hydroxyl groups is 1. The quantitative estimate of drug-likeness (QED) is 0.0207. The van der Waals surface area contributed by atoms with Crippen LogP contribution in [-0.4, -0.2) is 142 Å². The third-order valence-corrected chi connectivity index (χ3v) is 15.1. The van der Waals surface area contributed by atoms with Crippen LogP contribution in [0.3, 0.4) is 0 Å². The van der Waals surface area contributed by atoms with E-state index in [2.05, 4.69) is 37.2 Å². The molecular weight excluding hydrogens is 1100 g/mol. The van der Waals surface area contributed by atoms with Gasteiger partial charge in [0.1, 0.15) is 37.3 Å². The molecule has 0 saturated heterocycles. The number of carboxylic acids is 1. The Morgan fingerprint density at radius 2 is 1.44 bits per heavy atom. The summed E-state index contributed by atoms with van der Waals surface area (Å²) in [6, 6.07) is 16.9. The van der Waals surface area contributed by atoms with Crippen LogP contribution < -0.4 is 42.8 Å². The Kier molecular flexibility index (Phi) is 17.8. The van der Waals surface area contributed by atoms with Gasteiger partial charge in [0.25, 0.3) is 17.4 Å². The average molecular weight is 1160 g/mol. The van der Waals surface area contributed by atoms with Crippen LogP contribution in [0.25, 0.3) is 22.3 Å². The summed E-state index contributed by atoms with van der Waals surface area (Å²) in [5.74, 6) is -9.06. The predicted molar refractivity (Wildman–Crippen MR) is 293 cm³/mol. The number of aliphatic carboxylic acids is 1. The number of fused-ring (bicyclic) bond motifs is 5. The van der Waals surface area contributed by atoms with Gasteiger partial charge in [-0.05, 0) is 60.1 Å². The van der Waals surface area contributed by atoms with Gasteiger partial charge in [-0.2, -0.15) is 0 Å². The minimum atomic E-state index is -2.09. The second-order valence-corrected chi connectivity index (χ2v) is 20.4. The molecule has 9 N–H and O–H groups in total. The fourth-order valence-corrected chi connectivity index (χ4v) is 10.8. The fourth-order valence-electron chi connectivity index (χ4n) is 10.8. The number of imide groups is 1. The molecule has 84 heavy (non-hydrogen) atoms. The number of carbonyl (C=O) groups is 10. The van der Waals surface area contributed by atoms with Crippen LogP contribution in [0.15, 0.2) is 89.7 Å². The molecule has 0 unspecified atom stereocenters. The number of nitrogens with one attached hydrogen (secondary N) is 7. The normalized spacial score (nSPS) is 17.5. The number of amides is 8. The molecule has 26 heteroatoms. The summed E-state index contributed by atoms with van der Waals surface area (Å²) in [7, 11) is 0. The Hall–Kier alpha value is -9.53. The Morgan fingerprint density at radius 1 is 0.798 bits per heavy atom. The number of halogens is 1. The highest BCUT2D eigenvalue weighted by molar-refractivity contribution is 6.15. The molecule has 3 aromatic carbocycles. The van der Waals surface area contributed by atoms with Crippen molar-refractivity contribution in [1.82, 2.24) is 51.7 Å². The highest BCUT2D eigenvalue weighted by atomic mass is 19.1. The van der Waals surface area contributed by atoms with E-state index in [0.29, 0.717) is 62.3 Å². The number of ether oxygens (including phenoxy) is 2. The van der Waals surface area contributed by atoms with Crippen molar-refractivity contribution in [2.45, 2.75) is 88.9 Å². The van der Waals surface area contributed by atoms with Gasteiger partial charge >= 0.3 is 11.9 Å². The summed E-state index contributed by atoms with van der Waals surface area (Å²) in [5.41, 5.74) is 2.22. The van der Waals surface area contributed by atoms with Gasteiger partial charge in [-0.25, -0.2) is 14.2 Å². The highest BCUT2D eigenvalue weighted by Gasteiger charge is 2.46. The largest absolute Gasteiger partial charge is 0.480 e. The number of esters is 1. The highest BCUT2D eigenvalue weighted by Crippen LogP contribution is 2.46. The third kappa shape index (κ3) is 12.6. The number of rotatable bonds is 24. The lowest BCUT2D eigenvalue weighted by atomic mass is 9.81. The standard InChI is InChI=1S/C58H59FN10O15/c1-3-58(82)36-20-41-52-34(27-68(41)56(80)35(36)28-83-57(58)81)51-38(15-14-33-30(2)37(59)21-39(66-52)50(33)51)67-55(79)43(19-32-12-8-5-9-13-32)84-29-64-45(71)24-62-53(77)40(18-31-10-6-4-7-11-31)65-46(72)25-61-44(70)23-63-54(78)42(22-60-26-49(75)76)69-47(73)16-17-48(69)74/h4-13,16-17,20-21,38,40,42-43,60,82H,3,14-15,18-19,22-29H2,1-2H3,(H,61,70)(H,62,77)(H,63,78)(H,64,71)(H,65,72)(H,67,79)(H,75,76)/t38-,40-,42+,43-,58-/m0/s1. The summed E-state index contributed by atoms with van der Waals surface area (Å²) in [6.07, 6.45) is 1.25. The van der Waals surface area contributed by atoms with Crippen molar-refractivity contribution in [3.63, 3.8) is 0 Å². The first kappa shape index (κ1) is 59.1. The van der Waals surface area contributed by atoms with Crippen LogP contribution in [0.4, 0.5) is 4.39 Å². The van der Waals surface area contributed by atoms with Crippen LogP contribution in [-0.2, 0) is 95.4 Å². The van der Waals surface area contributed by atoms with Crippen molar-refractivity contribution in [1.29, 1.82) is 0 Å². The van der Waals surface area contributed by atoms with Crippen molar-refractivity contribution in [2.75, 3.05) is 39.5 Å². The van der Waals surface area contributed by atoms with E-state index < -0.39 is 140 Å². The second-order valence-electron chi connectivity index (χ2n) is 20.4. The molecule has 9 rings (SSSR count). The van der Waals surface area contributed by atoms with Gasteiger partial charge in [-0.1, -0.05) is 67.6 Å². The van der Waals surface area contributed by atoms with Crippen molar-refractivity contribution in [2.24, 2.45) is 0 Å². The van der Waals surface area contributed by atoms with Gasteiger partial charge in [0.15, 0.2) is 5.60 Å². The zero-order valence-electron chi connectivity index (χ0n) is 45.5. The summed E-state index contributed by atoms with van der Waals surface area (Å²) < 4.78 is 28.4. The van der Waals surface area contributed by atoms with Gasteiger partial charge < -0.3 is 61.5 Å². The molecule has 5 heterocycles. The molecule has 1 aliphatic carbocycles. The number of hydrogen-bond acceptors (Lipinski definition) is 16.